The predicted octanol–water partition coefficient (Wildman–Crippen LogP) is 2.44. The Balaban J connectivity index is 1.78. The molecular weight excluding hydrogens is 356 g/mol. The number of hydrogen-bond donors (Lipinski definition) is 0. The largest absolute Gasteiger partial charge is 0.496 e. The number of likely N-dealkylation sites (N-methyl/N-ethyl adjacent to an activating group) is 2. The SMILES string of the molecule is CCCOC1=[N+](Cc2cccc3ccccc23)C2C(=O)N(C)C(=O)N(C)C2=N1. The lowest BCUT2D eigenvalue weighted by molar-refractivity contribution is -0.558. The van der Waals surface area contributed by atoms with Gasteiger partial charge in [-0.25, -0.2) is 4.79 Å². The molecule has 1 fully saturated rings. The molecule has 0 radical (unpaired) electrons. The lowest BCUT2D eigenvalue weighted by Crippen LogP contribution is -2.61. The Morgan fingerprint density at radius 2 is 1.82 bits per heavy atom. The van der Waals surface area contributed by atoms with E-state index in [4.69, 9.17) is 4.74 Å². The number of fused-ring (bicyclic) bond motifs is 2. The zero-order valence-corrected chi connectivity index (χ0v) is 16.3. The molecule has 7 nitrogen and oxygen atoms in total. The number of urea groups is 1. The molecule has 3 amide bonds. The van der Waals surface area contributed by atoms with Crippen LogP contribution in [0.25, 0.3) is 10.8 Å². The molecule has 28 heavy (non-hydrogen) atoms. The standard InChI is InChI=1S/C21H23N4O3/c1-4-12-28-20-22-18-17(19(26)24(3)21(27)23(18)2)25(20)13-15-10-7-9-14-8-5-6-11-16(14)15/h5-11,17H,4,12-13H2,1-3H3/q+1. The molecule has 0 N–H and O–H groups in total. The average Bonchev–Trinajstić information content (AvgIpc) is 3.07. The van der Waals surface area contributed by atoms with Crippen LogP contribution in [-0.2, 0) is 16.1 Å². The van der Waals surface area contributed by atoms with Gasteiger partial charge in [0.15, 0.2) is 0 Å². The van der Waals surface area contributed by atoms with Crippen LogP contribution in [0.15, 0.2) is 47.5 Å². The number of rotatable bonds is 4. The van der Waals surface area contributed by atoms with Gasteiger partial charge in [-0.05, 0) is 17.2 Å². The fourth-order valence-electron chi connectivity index (χ4n) is 3.66. The summed E-state index contributed by atoms with van der Waals surface area (Å²) >= 11 is 0. The molecule has 2 aromatic rings. The Morgan fingerprint density at radius 3 is 2.61 bits per heavy atom. The van der Waals surface area contributed by atoms with E-state index in [2.05, 4.69) is 23.2 Å². The summed E-state index contributed by atoms with van der Waals surface area (Å²) in [5.41, 5.74) is 1.07. The van der Waals surface area contributed by atoms with Gasteiger partial charge in [0.1, 0.15) is 6.54 Å². The summed E-state index contributed by atoms with van der Waals surface area (Å²) in [6.45, 7) is 2.96. The first-order valence-corrected chi connectivity index (χ1v) is 9.39. The monoisotopic (exact) mass is 379 g/mol. The van der Waals surface area contributed by atoms with Gasteiger partial charge >= 0.3 is 12.1 Å². The summed E-state index contributed by atoms with van der Waals surface area (Å²) in [4.78, 5) is 32.3. The maximum atomic E-state index is 12.9. The highest BCUT2D eigenvalue weighted by atomic mass is 16.5. The van der Waals surface area contributed by atoms with Crippen LogP contribution in [0.2, 0.25) is 0 Å². The van der Waals surface area contributed by atoms with Crippen LogP contribution in [0.4, 0.5) is 4.79 Å². The number of benzene rings is 2. The third kappa shape index (κ3) is 2.83. The smallest absolute Gasteiger partial charge is 0.428 e. The van der Waals surface area contributed by atoms with Crippen LogP contribution < -0.4 is 0 Å². The van der Waals surface area contributed by atoms with Crippen LogP contribution in [0.3, 0.4) is 0 Å². The second-order valence-corrected chi connectivity index (χ2v) is 7.01. The van der Waals surface area contributed by atoms with Gasteiger partial charge in [0, 0.05) is 24.7 Å². The summed E-state index contributed by atoms with van der Waals surface area (Å²) in [6.07, 6.45) is 0.823. The third-order valence-corrected chi connectivity index (χ3v) is 5.15. The number of amides is 3. The molecule has 0 spiro atoms. The van der Waals surface area contributed by atoms with Crippen molar-refractivity contribution in [2.24, 2.45) is 4.99 Å². The topological polar surface area (TPSA) is 65.2 Å². The molecule has 0 bridgehead atoms. The van der Waals surface area contributed by atoms with Crippen molar-refractivity contribution >= 4 is 34.6 Å². The second-order valence-electron chi connectivity index (χ2n) is 7.01. The van der Waals surface area contributed by atoms with Crippen LogP contribution in [0.5, 0.6) is 0 Å². The quantitative estimate of drug-likeness (QED) is 0.767. The highest BCUT2D eigenvalue weighted by Crippen LogP contribution is 2.24. The van der Waals surface area contributed by atoms with Gasteiger partial charge in [-0.15, -0.1) is 0 Å². The molecule has 1 saturated heterocycles. The van der Waals surface area contributed by atoms with Gasteiger partial charge in [-0.1, -0.05) is 49.4 Å². The molecule has 7 heteroatoms. The van der Waals surface area contributed by atoms with Gasteiger partial charge in [0.25, 0.3) is 17.8 Å². The van der Waals surface area contributed by atoms with E-state index in [0.717, 1.165) is 27.7 Å². The molecular formula is C21H23N4O3+. The predicted molar refractivity (Wildman–Crippen MR) is 106 cm³/mol. The number of amidine groups is 2. The fourth-order valence-corrected chi connectivity index (χ4v) is 3.66. The lowest BCUT2D eigenvalue weighted by Gasteiger charge is -2.30. The van der Waals surface area contributed by atoms with Gasteiger partial charge in [-0.3, -0.25) is 14.6 Å². The van der Waals surface area contributed by atoms with Crippen molar-refractivity contribution in [3.8, 4) is 0 Å². The first-order chi connectivity index (χ1) is 13.5. The van der Waals surface area contributed by atoms with Crippen molar-refractivity contribution in [3.63, 3.8) is 0 Å². The molecule has 4 rings (SSSR count). The van der Waals surface area contributed by atoms with Crippen molar-refractivity contribution in [2.75, 3.05) is 20.7 Å². The first kappa shape index (κ1) is 18.2. The number of imide groups is 1. The van der Waals surface area contributed by atoms with Crippen LogP contribution in [0.1, 0.15) is 18.9 Å². The van der Waals surface area contributed by atoms with Gasteiger partial charge in [-0.2, -0.15) is 4.58 Å². The minimum absolute atomic E-state index is 0.294. The number of nitrogens with zero attached hydrogens (tertiary/aromatic N) is 4. The van der Waals surface area contributed by atoms with Crippen LogP contribution >= 0.6 is 0 Å². The number of hydrogen-bond acceptors (Lipinski definition) is 4. The van der Waals surface area contributed by atoms with Crippen molar-refractivity contribution < 1.29 is 18.9 Å². The van der Waals surface area contributed by atoms with Crippen molar-refractivity contribution in [2.45, 2.75) is 25.9 Å². The molecule has 1 atom stereocenters. The molecule has 0 saturated carbocycles. The van der Waals surface area contributed by atoms with E-state index in [1.54, 1.807) is 7.05 Å². The van der Waals surface area contributed by atoms with E-state index < -0.39 is 6.04 Å². The van der Waals surface area contributed by atoms with E-state index >= 15 is 0 Å². The maximum absolute atomic E-state index is 12.9. The summed E-state index contributed by atoms with van der Waals surface area (Å²) < 4.78 is 7.71. The lowest BCUT2D eigenvalue weighted by atomic mass is 10.0. The normalized spacial score (nSPS) is 19.4. The molecule has 2 aliphatic rings. The van der Waals surface area contributed by atoms with Crippen molar-refractivity contribution in [1.29, 1.82) is 0 Å². The maximum Gasteiger partial charge on any atom is 0.496 e. The third-order valence-electron chi connectivity index (χ3n) is 5.15. The Labute approximate surface area is 163 Å². The summed E-state index contributed by atoms with van der Waals surface area (Å²) in [5, 5.41) is 2.25. The minimum Gasteiger partial charge on any atom is -0.428 e. The average molecular weight is 379 g/mol. The zero-order chi connectivity index (χ0) is 19.8. The number of carbonyl (C=O) groups excluding carboxylic acids is 2. The highest BCUT2D eigenvalue weighted by Gasteiger charge is 2.54. The van der Waals surface area contributed by atoms with Crippen LogP contribution in [-0.4, -0.2) is 64.9 Å². The van der Waals surface area contributed by atoms with E-state index in [-0.39, 0.29) is 11.9 Å². The first-order valence-electron chi connectivity index (χ1n) is 9.39. The van der Waals surface area contributed by atoms with E-state index in [0.29, 0.717) is 25.0 Å². The molecule has 1 unspecified atom stereocenters. The number of ether oxygens (including phenoxy) is 1. The Bertz CT molecular complexity index is 1020. The minimum atomic E-state index is -0.668. The van der Waals surface area contributed by atoms with Gasteiger partial charge in [0.05, 0.1) is 6.61 Å². The highest BCUT2D eigenvalue weighted by molar-refractivity contribution is 6.22. The second kappa shape index (κ2) is 7.07. The molecule has 0 aromatic heterocycles. The van der Waals surface area contributed by atoms with Gasteiger partial charge in [0.2, 0.25) is 0 Å². The van der Waals surface area contributed by atoms with Crippen molar-refractivity contribution in [1.82, 2.24) is 9.80 Å². The van der Waals surface area contributed by atoms with E-state index in [9.17, 15) is 9.59 Å². The fraction of sp³-hybridized carbons (Fsp3) is 0.333. The Hall–Kier alpha value is -3.22. The molecule has 2 heterocycles. The summed E-state index contributed by atoms with van der Waals surface area (Å²) in [7, 11) is 3.13. The molecule has 0 aliphatic carbocycles. The molecule has 2 aliphatic heterocycles. The Kier molecular flexibility index (Phi) is 4.58. The number of carbonyl (C=O) groups is 2. The number of aliphatic imine (C=N–C) groups is 1. The summed E-state index contributed by atoms with van der Waals surface area (Å²) in [5.74, 6) is 0.122. The molecule has 2 aromatic carbocycles. The van der Waals surface area contributed by atoms with E-state index in [1.807, 2.05) is 35.8 Å². The van der Waals surface area contributed by atoms with Crippen LogP contribution in [0, 0.1) is 0 Å². The zero-order valence-electron chi connectivity index (χ0n) is 16.3. The summed E-state index contributed by atoms with van der Waals surface area (Å²) in [6, 6.07) is 13.6. The van der Waals surface area contributed by atoms with Crippen molar-refractivity contribution in [3.05, 3.63) is 48.0 Å². The van der Waals surface area contributed by atoms with E-state index in [1.165, 1.54) is 11.9 Å². The van der Waals surface area contributed by atoms with Gasteiger partial charge < -0.3 is 4.74 Å². The Morgan fingerprint density at radius 1 is 1.07 bits per heavy atom. The molecule has 144 valence electrons.